The van der Waals surface area contributed by atoms with Crippen molar-refractivity contribution in [3.8, 4) is 5.75 Å². The summed E-state index contributed by atoms with van der Waals surface area (Å²) in [5.41, 5.74) is 3.33. The van der Waals surface area contributed by atoms with E-state index in [0.717, 1.165) is 72.9 Å². The molecule has 8 heteroatoms. The molecular formula is C29H39N5O2S. The van der Waals surface area contributed by atoms with Crippen LogP contribution >= 0.6 is 12.2 Å². The zero-order valence-electron chi connectivity index (χ0n) is 21.9. The first-order valence-corrected chi connectivity index (χ1v) is 14.1. The van der Waals surface area contributed by atoms with Gasteiger partial charge in [-0.3, -0.25) is 9.13 Å². The molecule has 0 amide bonds. The molecule has 0 spiro atoms. The van der Waals surface area contributed by atoms with Crippen LogP contribution in [0, 0.1) is 0 Å². The van der Waals surface area contributed by atoms with Crippen LogP contribution in [0.4, 0.5) is 0 Å². The van der Waals surface area contributed by atoms with E-state index >= 15 is 0 Å². The molecule has 2 saturated heterocycles. The van der Waals surface area contributed by atoms with Crippen LogP contribution < -0.4 is 15.7 Å². The molecule has 7 nitrogen and oxygen atoms in total. The Hall–Kier alpha value is -2.84. The van der Waals surface area contributed by atoms with E-state index in [1.807, 2.05) is 34.9 Å². The Balaban J connectivity index is 1.21. The van der Waals surface area contributed by atoms with Gasteiger partial charge < -0.3 is 19.9 Å². The molecule has 3 heterocycles. The third-order valence-electron chi connectivity index (χ3n) is 7.91. The number of nitrogens with zero attached hydrogens (tertiary/aromatic N) is 4. The first-order valence-electron chi connectivity index (χ1n) is 13.7. The smallest absolute Gasteiger partial charge is 0.329 e. The Morgan fingerprint density at radius 1 is 0.946 bits per heavy atom. The first kappa shape index (κ1) is 25.8. The maximum Gasteiger partial charge on any atom is 0.329 e. The summed E-state index contributed by atoms with van der Waals surface area (Å²) < 4.78 is 9.52. The van der Waals surface area contributed by atoms with Gasteiger partial charge in [0.15, 0.2) is 5.11 Å². The topological polar surface area (TPSA) is 54.7 Å². The lowest BCUT2D eigenvalue weighted by Gasteiger charge is -2.34. The first-order chi connectivity index (χ1) is 18.2. The lowest BCUT2D eigenvalue weighted by atomic mass is 10.0. The highest BCUT2D eigenvalue weighted by Gasteiger charge is 2.26. The van der Waals surface area contributed by atoms with Gasteiger partial charge in [-0.15, -0.1) is 0 Å². The minimum absolute atomic E-state index is 0.134. The normalized spacial score (nSPS) is 17.3. The summed E-state index contributed by atoms with van der Waals surface area (Å²) in [5, 5.41) is 4.15. The van der Waals surface area contributed by atoms with Gasteiger partial charge in [0.2, 0.25) is 0 Å². The van der Waals surface area contributed by atoms with Gasteiger partial charge in [0.25, 0.3) is 0 Å². The summed E-state index contributed by atoms with van der Waals surface area (Å²) in [5.74, 6) is 0.864. The van der Waals surface area contributed by atoms with Crippen molar-refractivity contribution in [2.24, 2.45) is 0 Å². The van der Waals surface area contributed by atoms with Gasteiger partial charge in [-0.2, -0.15) is 0 Å². The number of benzene rings is 2. The van der Waals surface area contributed by atoms with Gasteiger partial charge in [0.1, 0.15) is 5.75 Å². The largest absolute Gasteiger partial charge is 0.496 e. The highest BCUT2D eigenvalue weighted by molar-refractivity contribution is 7.80. The Kier molecular flexibility index (Phi) is 8.46. The molecule has 37 heavy (non-hydrogen) atoms. The van der Waals surface area contributed by atoms with E-state index in [0.29, 0.717) is 6.54 Å². The number of nitrogens with one attached hydrogen (secondary N) is 1. The van der Waals surface area contributed by atoms with Crippen molar-refractivity contribution < 1.29 is 4.74 Å². The van der Waals surface area contributed by atoms with Gasteiger partial charge in [-0.1, -0.05) is 36.8 Å². The van der Waals surface area contributed by atoms with Crippen molar-refractivity contribution in [1.29, 1.82) is 0 Å². The van der Waals surface area contributed by atoms with Crippen molar-refractivity contribution in [2.75, 3.05) is 39.8 Å². The van der Waals surface area contributed by atoms with Crippen LogP contribution in [0.1, 0.15) is 50.1 Å². The minimum Gasteiger partial charge on any atom is -0.496 e. The van der Waals surface area contributed by atoms with E-state index in [1.54, 1.807) is 7.11 Å². The minimum atomic E-state index is 0.134. The van der Waals surface area contributed by atoms with Gasteiger partial charge in [-0.25, -0.2) is 4.79 Å². The third-order valence-corrected chi connectivity index (χ3v) is 8.32. The van der Waals surface area contributed by atoms with Gasteiger partial charge in [0.05, 0.1) is 18.1 Å². The molecule has 1 aromatic heterocycles. The maximum absolute atomic E-state index is 13.7. The molecule has 5 rings (SSSR count). The average Bonchev–Trinajstić information content (AvgIpc) is 3.23. The molecule has 2 fully saturated rings. The van der Waals surface area contributed by atoms with Crippen LogP contribution in [-0.4, -0.2) is 63.9 Å². The number of aryl methyl sites for hydroxylation is 1. The number of hydrogen-bond acceptors (Lipinski definition) is 4. The number of likely N-dealkylation sites (tertiary alicyclic amines) is 2. The van der Waals surface area contributed by atoms with Crippen LogP contribution in [0.5, 0.6) is 5.75 Å². The standard InChI is InChI=1S/C29H39N5O2S/c1-36-27-13-6-3-10-23(27)22-30-28(37)32-20-14-24(15-21-32)34-26-12-5-4-11-25(26)33(29(34)35)19-9-18-31-16-7-2-8-17-31/h3-6,10-13,24H,2,7-9,14-22H2,1H3,(H,30,37). The number of fused-ring (bicyclic) bond motifs is 1. The molecule has 2 aromatic carbocycles. The van der Waals surface area contributed by atoms with E-state index < -0.39 is 0 Å². The zero-order valence-corrected chi connectivity index (χ0v) is 22.7. The quantitative estimate of drug-likeness (QED) is 0.444. The number of methoxy groups -OCH3 is 1. The Bertz CT molecular complexity index is 1250. The van der Waals surface area contributed by atoms with Gasteiger partial charge >= 0.3 is 5.69 Å². The molecule has 0 bridgehead atoms. The molecule has 2 aliphatic heterocycles. The Morgan fingerprint density at radius 3 is 2.41 bits per heavy atom. The number of rotatable bonds is 8. The summed E-state index contributed by atoms with van der Waals surface area (Å²) in [6, 6.07) is 16.5. The Morgan fingerprint density at radius 2 is 1.65 bits per heavy atom. The average molecular weight is 522 g/mol. The van der Waals surface area contributed by atoms with Crippen LogP contribution in [0.15, 0.2) is 53.3 Å². The summed E-state index contributed by atoms with van der Waals surface area (Å²) >= 11 is 5.71. The fourth-order valence-electron chi connectivity index (χ4n) is 5.90. The summed E-state index contributed by atoms with van der Waals surface area (Å²) in [6.07, 6.45) is 6.77. The highest BCUT2D eigenvalue weighted by atomic mass is 32.1. The number of imidazole rings is 1. The fourth-order valence-corrected chi connectivity index (χ4v) is 6.15. The zero-order chi connectivity index (χ0) is 25.6. The summed E-state index contributed by atoms with van der Waals surface area (Å²) in [6.45, 7) is 6.55. The number of para-hydroxylation sites is 3. The lowest BCUT2D eigenvalue weighted by molar-refractivity contribution is 0.222. The summed E-state index contributed by atoms with van der Waals surface area (Å²) in [7, 11) is 1.69. The Labute approximate surface area is 225 Å². The summed E-state index contributed by atoms with van der Waals surface area (Å²) in [4.78, 5) is 18.4. The van der Waals surface area contributed by atoms with Gasteiger partial charge in [-0.05, 0) is 82.2 Å². The molecule has 0 aliphatic carbocycles. The maximum atomic E-state index is 13.7. The van der Waals surface area contributed by atoms with Crippen LogP contribution in [0.3, 0.4) is 0 Å². The lowest BCUT2D eigenvalue weighted by Crippen LogP contribution is -2.45. The van der Waals surface area contributed by atoms with E-state index in [9.17, 15) is 4.79 Å². The second kappa shape index (κ2) is 12.1. The molecule has 0 atom stereocenters. The monoisotopic (exact) mass is 521 g/mol. The molecular weight excluding hydrogens is 482 g/mol. The SMILES string of the molecule is COc1ccccc1CNC(=S)N1CCC(n2c(=O)n(CCCN3CCCCC3)c3ccccc32)CC1. The molecule has 198 valence electrons. The van der Waals surface area contributed by atoms with Crippen molar-refractivity contribution in [3.63, 3.8) is 0 Å². The second-order valence-electron chi connectivity index (χ2n) is 10.2. The number of ether oxygens (including phenoxy) is 1. The number of aromatic nitrogens is 2. The predicted octanol–water partition coefficient (Wildman–Crippen LogP) is 4.40. The molecule has 0 unspecified atom stereocenters. The van der Waals surface area contributed by atoms with E-state index in [4.69, 9.17) is 17.0 Å². The fraction of sp³-hybridized carbons (Fsp3) is 0.517. The van der Waals surface area contributed by atoms with Crippen molar-refractivity contribution in [3.05, 3.63) is 64.6 Å². The molecule has 3 aromatic rings. The number of hydrogen-bond donors (Lipinski definition) is 1. The van der Waals surface area contributed by atoms with Crippen molar-refractivity contribution in [2.45, 2.75) is 57.7 Å². The predicted molar refractivity (Wildman–Crippen MR) is 153 cm³/mol. The van der Waals surface area contributed by atoms with E-state index in [1.165, 1.54) is 32.4 Å². The molecule has 1 N–H and O–H groups in total. The van der Waals surface area contributed by atoms with E-state index in [-0.39, 0.29) is 11.7 Å². The van der Waals surface area contributed by atoms with Crippen LogP contribution in [0.25, 0.3) is 11.0 Å². The molecule has 2 aliphatic rings. The second-order valence-corrected chi connectivity index (χ2v) is 10.6. The highest BCUT2D eigenvalue weighted by Crippen LogP contribution is 2.26. The number of piperidine rings is 2. The van der Waals surface area contributed by atoms with E-state index in [2.05, 4.69) is 37.9 Å². The van der Waals surface area contributed by atoms with Crippen LogP contribution in [-0.2, 0) is 13.1 Å². The van der Waals surface area contributed by atoms with Crippen molar-refractivity contribution in [1.82, 2.24) is 24.3 Å². The van der Waals surface area contributed by atoms with Crippen LogP contribution in [0.2, 0.25) is 0 Å². The molecule has 0 saturated carbocycles. The third kappa shape index (κ3) is 5.85. The molecule has 0 radical (unpaired) electrons. The van der Waals surface area contributed by atoms with Gasteiger partial charge in [0, 0.05) is 37.8 Å². The number of thiocarbonyl (C=S) groups is 1. The van der Waals surface area contributed by atoms with Crippen molar-refractivity contribution >= 4 is 28.4 Å².